The van der Waals surface area contributed by atoms with Crippen molar-refractivity contribution >= 4 is 37.2 Å². The van der Waals surface area contributed by atoms with Crippen LogP contribution in [0.3, 0.4) is 0 Å². The Morgan fingerprint density at radius 2 is 1.00 bits per heavy atom. The molecule has 0 rings (SSSR count). The van der Waals surface area contributed by atoms with E-state index < -0.39 is 0 Å². The molecule has 27 heavy (non-hydrogen) atoms. The van der Waals surface area contributed by atoms with Gasteiger partial charge in [-0.1, -0.05) is 66.2 Å². The molecule has 0 fully saturated rings. The largest absolute Gasteiger partial charge is 0.465 e. The summed E-state index contributed by atoms with van der Waals surface area (Å²) in [7, 11) is 0. The van der Waals surface area contributed by atoms with Crippen molar-refractivity contribution in [3.63, 3.8) is 0 Å². The second-order valence-corrected chi connectivity index (χ2v) is 7.88. The number of ether oxygens (including phenoxy) is 2. The molecule has 0 aliphatic carbocycles. The van der Waals surface area contributed by atoms with Gasteiger partial charge >= 0.3 is 11.9 Å². The maximum absolute atomic E-state index is 10.7. The fourth-order valence-corrected chi connectivity index (χ4v) is 2.31. The van der Waals surface area contributed by atoms with Crippen molar-refractivity contribution in [3.8, 4) is 0 Å². The molecule has 0 saturated carbocycles. The zero-order chi connectivity index (χ0) is 20.2. The van der Waals surface area contributed by atoms with Crippen molar-refractivity contribution in [1.82, 2.24) is 0 Å². The summed E-state index contributed by atoms with van der Waals surface area (Å²) < 4.78 is 9.77. The summed E-state index contributed by atoms with van der Waals surface area (Å²) >= 11 is 7.62. The van der Waals surface area contributed by atoms with E-state index in [2.05, 4.69) is 53.0 Å². The van der Waals surface area contributed by atoms with E-state index in [1.807, 2.05) is 0 Å². The van der Waals surface area contributed by atoms with Crippen molar-refractivity contribution in [3.05, 3.63) is 0 Å². The first-order chi connectivity index (χ1) is 12.3. The van der Waals surface area contributed by atoms with Crippen LogP contribution < -0.4 is 0 Å². The molecule has 0 aromatic heterocycles. The Morgan fingerprint density at radius 1 is 0.667 bits per heavy atom. The van der Waals surface area contributed by atoms with Crippen LogP contribution in [-0.2, 0) is 38.5 Å². The van der Waals surface area contributed by atoms with E-state index in [0.29, 0.717) is 13.2 Å². The maximum Gasteiger partial charge on any atom is 0.315 e. The molecule has 7 heteroatoms. The van der Waals surface area contributed by atoms with Crippen LogP contribution in [0.2, 0.25) is 0 Å². The summed E-state index contributed by atoms with van der Waals surface area (Å²) in [6.07, 6.45) is 9.25. The summed E-state index contributed by atoms with van der Waals surface area (Å²) in [5.74, 6) is 1.50. The average molecular weight is 474 g/mol. The van der Waals surface area contributed by atoms with Crippen LogP contribution in [-0.4, -0.2) is 36.7 Å². The summed E-state index contributed by atoms with van der Waals surface area (Å²) in [6, 6.07) is 0. The summed E-state index contributed by atoms with van der Waals surface area (Å²) in [5.41, 5.74) is 0. The SMILES string of the molecule is CC(C)CCCCCOC(=O)CS.CC(C)CCCCCOC(=O)CS.[Zn]. The van der Waals surface area contributed by atoms with Crippen molar-refractivity contribution in [2.75, 3.05) is 24.7 Å². The molecule has 0 bridgehead atoms. The Labute approximate surface area is 190 Å². The van der Waals surface area contributed by atoms with Gasteiger partial charge < -0.3 is 9.47 Å². The Bertz CT molecular complexity index is 308. The van der Waals surface area contributed by atoms with Gasteiger partial charge in [-0.15, -0.1) is 0 Å². The van der Waals surface area contributed by atoms with E-state index in [4.69, 9.17) is 9.47 Å². The molecule has 0 atom stereocenters. The predicted octanol–water partition coefficient (Wildman–Crippen LogP) is 5.35. The Balaban J connectivity index is -0.000000411. The van der Waals surface area contributed by atoms with Crippen molar-refractivity contribution in [1.29, 1.82) is 0 Å². The zero-order valence-electron chi connectivity index (χ0n) is 17.9. The van der Waals surface area contributed by atoms with Gasteiger partial charge in [0.2, 0.25) is 0 Å². The minimum absolute atomic E-state index is 0. The fraction of sp³-hybridized carbons (Fsp3) is 0.900. The minimum atomic E-state index is -0.216. The van der Waals surface area contributed by atoms with Crippen LogP contribution in [0.4, 0.5) is 0 Å². The Morgan fingerprint density at radius 3 is 1.26 bits per heavy atom. The molecule has 0 N–H and O–H groups in total. The summed E-state index contributed by atoms with van der Waals surface area (Å²) in [4.78, 5) is 21.3. The molecule has 0 aromatic carbocycles. The van der Waals surface area contributed by atoms with Crippen molar-refractivity contribution in [2.45, 2.75) is 79.1 Å². The van der Waals surface area contributed by atoms with Gasteiger partial charge in [0, 0.05) is 19.5 Å². The maximum atomic E-state index is 10.7. The molecule has 0 unspecified atom stereocenters. The van der Waals surface area contributed by atoms with Crippen molar-refractivity contribution < 1.29 is 38.5 Å². The summed E-state index contributed by atoms with van der Waals surface area (Å²) in [5, 5.41) is 0. The van der Waals surface area contributed by atoms with E-state index in [-0.39, 0.29) is 42.9 Å². The third kappa shape index (κ3) is 31.2. The molecule has 0 aliphatic heterocycles. The topological polar surface area (TPSA) is 52.6 Å². The predicted molar refractivity (Wildman–Crippen MR) is 116 cm³/mol. The van der Waals surface area contributed by atoms with Crippen LogP contribution in [0.1, 0.15) is 79.1 Å². The molecule has 0 aliphatic rings. The van der Waals surface area contributed by atoms with Crippen molar-refractivity contribution in [2.24, 2.45) is 11.8 Å². The molecular formula is C20H40O4S2Zn. The molecule has 158 valence electrons. The van der Waals surface area contributed by atoms with Gasteiger partial charge in [-0.05, 0) is 24.7 Å². The van der Waals surface area contributed by atoms with Crippen LogP contribution in [0.5, 0.6) is 0 Å². The molecule has 0 saturated heterocycles. The number of rotatable bonds is 14. The first kappa shape index (κ1) is 31.9. The number of unbranched alkanes of at least 4 members (excludes halogenated alkanes) is 4. The normalized spacial score (nSPS) is 10.1. The standard InChI is InChI=1S/2C10H20O2S.Zn/c2*1-9(2)6-4-3-5-7-12-10(11)8-13;/h2*9,13H,3-8H2,1-2H3;. The van der Waals surface area contributed by atoms with Crippen LogP contribution in [0, 0.1) is 11.8 Å². The van der Waals surface area contributed by atoms with E-state index in [1.54, 1.807) is 0 Å². The third-order valence-corrected chi connectivity index (χ3v) is 4.15. The average Bonchev–Trinajstić information content (AvgIpc) is 2.60. The smallest absolute Gasteiger partial charge is 0.315 e. The van der Waals surface area contributed by atoms with Gasteiger partial charge in [-0.2, -0.15) is 25.3 Å². The van der Waals surface area contributed by atoms with Gasteiger partial charge in [0.05, 0.1) is 24.7 Å². The van der Waals surface area contributed by atoms with E-state index >= 15 is 0 Å². The van der Waals surface area contributed by atoms with E-state index in [9.17, 15) is 9.59 Å². The fourth-order valence-electron chi connectivity index (χ4n) is 2.13. The first-order valence-corrected chi connectivity index (χ1v) is 11.1. The number of hydrogen-bond donors (Lipinski definition) is 2. The Hall–Kier alpha value is 0.263. The number of hydrogen-bond acceptors (Lipinski definition) is 6. The zero-order valence-corrected chi connectivity index (χ0v) is 22.6. The minimum Gasteiger partial charge on any atom is -0.465 e. The third-order valence-electron chi connectivity index (χ3n) is 3.64. The van der Waals surface area contributed by atoms with Gasteiger partial charge in [0.1, 0.15) is 0 Å². The second kappa shape index (κ2) is 24.3. The summed E-state index contributed by atoms with van der Waals surface area (Å²) in [6.45, 7) is 10.00. The number of esters is 2. The molecule has 0 aromatic rings. The van der Waals surface area contributed by atoms with Gasteiger partial charge in [0.25, 0.3) is 0 Å². The van der Waals surface area contributed by atoms with Gasteiger partial charge in [-0.25, -0.2) is 0 Å². The molecule has 0 radical (unpaired) electrons. The van der Waals surface area contributed by atoms with E-state index in [0.717, 1.165) is 37.5 Å². The molecule has 0 spiro atoms. The second-order valence-electron chi connectivity index (χ2n) is 7.24. The molecule has 0 amide bonds. The van der Waals surface area contributed by atoms with Gasteiger partial charge in [-0.3, -0.25) is 9.59 Å². The quantitative estimate of drug-likeness (QED) is 0.154. The number of thiol groups is 2. The molecular weight excluding hydrogens is 434 g/mol. The molecule has 0 heterocycles. The number of carbonyl (C=O) groups is 2. The first-order valence-electron chi connectivity index (χ1n) is 9.86. The number of carbonyl (C=O) groups excluding carboxylic acids is 2. The van der Waals surface area contributed by atoms with Crippen LogP contribution in [0.25, 0.3) is 0 Å². The van der Waals surface area contributed by atoms with Crippen LogP contribution >= 0.6 is 25.3 Å². The van der Waals surface area contributed by atoms with Gasteiger partial charge in [0.15, 0.2) is 0 Å². The van der Waals surface area contributed by atoms with E-state index in [1.165, 1.54) is 25.7 Å². The monoisotopic (exact) mass is 472 g/mol. The molecule has 4 nitrogen and oxygen atoms in total. The van der Waals surface area contributed by atoms with Crippen LogP contribution in [0.15, 0.2) is 0 Å². The Kier molecular flexibility index (Phi) is 28.8.